The summed E-state index contributed by atoms with van der Waals surface area (Å²) in [5.41, 5.74) is 1.36. The van der Waals surface area contributed by atoms with Crippen molar-refractivity contribution >= 4 is 10.8 Å². The van der Waals surface area contributed by atoms with Crippen molar-refractivity contribution in [1.82, 2.24) is 5.32 Å². The predicted octanol–water partition coefficient (Wildman–Crippen LogP) is 3.01. The molecule has 0 amide bonds. The van der Waals surface area contributed by atoms with Crippen LogP contribution in [0.25, 0.3) is 10.8 Å². The highest BCUT2D eigenvalue weighted by Crippen LogP contribution is 2.16. The van der Waals surface area contributed by atoms with E-state index in [9.17, 15) is 0 Å². The highest BCUT2D eigenvalue weighted by molar-refractivity contribution is 5.82. The van der Waals surface area contributed by atoms with Gasteiger partial charge in [0.2, 0.25) is 0 Å². The monoisotopic (exact) mass is 243 g/mol. The first-order chi connectivity index (χ1) is 8.83. The summed E-state index contributed by atoms with van der Waals surface area (Å²) < 4.78 is 5.25. The van der Waals surface area contributed by atoms with Crippen LogP contribution < -0.4 is 5.32 Å². The number of ether oxygens (including phenoxy) is 1. The number of hydrogen-bond donors (Lipinski definition) is 1. The van der Waals surface area contributed by atoms with Gasteiger partial charge >= 0.3 is 0 Å². The van der Waals surface area contributed by atoms with Crippen LogP contribution in [0.5, 0.6) is 0 Å². The van der Waals surface area contributed by atoms with E-state index in [0.29, 0.717) is 6.04 Å². The Balaban J connectivity index is 2.14. The first kappa shape index (κ1) is 13.1. The van der Waals surface area contributed by atoms with Crippen LogP contribution in [0.15, 0.2) is 42.5 Å². The minimum Gasteiger partial charge on any atom is -0.383 e. The summed E-state index contributed by atoms with van der Waals surface area (Å²) in [5, 5.41) is 6.06. The van der Waals surface area contributed by atoms with E-state index in [4.69, 9.17) is 4.74 Å². The zero-order valence-electron chi connectivity index (χ0n) is 11.1. The van der Waals surface area contributed by atoms with E-state index in [1.54, 1.807) is 7.11 Å². The fourth-order valence-corrected chi connectivity index (χ4v) is 2.33. The number of methoxy groups -OCH3 is 1. The molecule has 1 unspecified atom stereocenters. The second-order valence-electron chi connectivity index (χ2n) is 4.60. The average Bonchev–Trinajstić information content (AvgIpc) is 2.39. The van der Waals surface area contributed by atoms with E-state index in [0.717, 1.165) is 19.6 Å². The van der Waals surface area contributed by atoms with Gasteiger partial charge in [0.25, 0.3) is 0 Å². The molecule has 0 spiro atoms. The first-order valence-corrected chi connectivity index (χ1v) is 6.53. The van der Waals surface area contributed by atoms with Gasteiger partial charge in [0, 0.05) is 13.2 Å². The maximum atomic E-state index is 5.25. The maximum absolute atomic E-state index is 5.25. The molecule has 0 aromatic heterocycles. The quantitative estimate of drug-likeness (QED) is 0.842. The summed E-state index contributed by atoms with van der Waals surface area (Å²) in [4.78, 5) is 0. The molecule has 0 saturated heterocycles. The third-order valence-electron chi connectivity index (χ3n) is 3.16. The number of fused-ring (bicyclic) bond motifs is 1. The van der Waals surface area contributed by atoms with Gasteiger partial charge in [-0.1, -0.05) is 49.4 Å². The molecule has 0 aliphatic carbocycles. The summed E-state index contributed by atoms with van der Waals surface area (Å²) in [6.07, 6.45) is 1.01. The second-order valence-corrected chi connectivity index (χ2v) is 4.60. The molecule has 0 radical (unpaired) electrons. The van der Waals surface area contributed by atoms with Gasteiger partial charge < -0.3 is 10.1 Å². The van der Waals surface area contributed by atoms with Crippen molar-refractivity contribution in [3.63, 3.8) is 0 Å². The zero-order chi connectivity index (χ0) is 12.8. The lowest BCUT2D eigenvalue weighted by atomic mass is 10.0. The molecule has 0 bridgehead atoms. The Hall–Kier alpha value is -1.38. The average molecular weight is 243 g/mol. The van der Waals surface area contributed by atoms with Crippen molar-refractivity contribution in [1.29, 1.82) is 0 Å². The van der Waals surface area contributed by atoms with Crippen molar-refractivity contribution in [2.75, 3.05) is 20.3 Å². The molecule has 0 aliphatic heterocycles. The third-order valence-corrected chi connectivity index (χ3v) is 3.16. The maximum Gasteiger partial charge on any atom is 0.0619 e. The van der Waals surface area contributed by atoms with Gasteiger partial charge in [0.15, 0.2) is 0 Å². The van der Waals surface area contributed by atoms with Gasteiger partial charge in [-0.15, -0.1) is 0 Å². The Bertz CT molecular complexity index is 489. The molecule has 2 nitrogen and oxygen atoms in total. The largest absolute Gasteiger partial charge is 0.383 e. The molecular weight excluding hydrogens is 222 g/mol. The summed E-state index contributed by atoms with van der Waals surface area (Å²) in [6.45, 7) is 3.85. The number of hydrogen-bond acceptors (Lipinski definition) is 2. The van der Waals surface area contributed by atoms with Crippen LogP contribution >= 0.6 is 0 Å². The fourth-order valence-electron chi connectivity index (χ4n) is 2.33. The van der Waals surface area contributed by atoms with Crippen molar-refractivity contribution < 1.29 is 4.74 Å². The van der Waals surface area contributed by atoms with Crippen molar-refractivity contribution in [2.24, 2.45) is 0 Å². The minimum atomic E-state index is 0.390. The van der Waals surface area contributed by atoms with Gasteiger partial charge in [0.1, 0.15) is 0 Å². The van der Waals surface area contributed by atoms with Gasteiger partial charge in [-0.3, -0.25) is 0 Å². The fraction of sp³-hybridized carbons (Fsp3) is 0.375. The third kappa shape index (κ3) is 3.31. The highest BCUT2D eigenvalue weighted by atomic mass is 16.5. The van der Waals surface area contributed by atoms with E-state index < -0.39 is 0 Å². The van der Waals surface area contributed by atoms with E-state index in [1.165, 1.54) is 16.3 Å². The number of benzene rings is 2. The summed E-state index contributed by atoms with van der Waals surface area (Å²) in [5.74, 6) is 0. The lowest BCUT2D eigenvalue weighted by molar-refractivity contribution is 0.167. The molecule has 1 N–H and O–H groups in total. The van der Waals surface area contributed by atoms with E-state index in [2.05, 4.69) is 54.7 Å². The summed E-state index contributed by atoms with van der Waals surface area (Å²) >= 11 is 0. The molecule has 18 heavy (non-hydrogen) atoms. The molecule has 2 rings (SSSR count). The molecule has 0 fully saturated rings. The van der Waals surface area contributed by atoms with E-state index >= 15 is 0 Å². The SMILES string of the molecule is CCNC(COC)Cc1ccc2ccccc2c1. The molecule has 1 atom stereocenters. The molecule has 0 heterocycles. The lowest BCUT2D eigenvalue weighted by Gasteiger charge is -2.17. The highest BCUT2D eigenvalue weighted by Gasteiger charge is 2.08. The van der Waals surface area contributed by atoms with Gasteiger partial charge in [-0.25, -0.2) is 0 Å². The van der Waals surface area contributed by atoms with Gasteiger partial charge in [-0.05, 0) is 29.3 Å². The zero-order valence-corrected chi connectivity index (χ0v) is 11.1. The Morgan fingerprint density at radius 2 is 1.89 bits per heavy atom. The first-order valence-electron chi connectivity index (χ1n) is 6.53. The minimum absolute atomic E-state index is 0.390. The van der Waals surface area contributed by atoms with E-state index in [1.807, 2.05) is 0 Å². The van der Waals surface area contributed by atoms with Crippen molar-refractivity contribution in [3.8, 4) is 0 Å². The molecule has 0 aliphatic rings. The van der Waals surface area contributed by atoms with Crippen LogP contribution in [0, 0.1) is 0 Å². The lowest BCUT2D eigenvalue weighted by Crippen LogP contribution is -2.34. The smallest absolute Gasteiger partial charge is 0.0619 e. The van der Waals surface area contributed by atoms with Crippen LogP contribution in [0.2, 0.25) is 0 Å². The number of rotatable bonds is 6. The second kappa shape index (κ2) is 6.53. The number of nitrogens with one attached hydrogen (secondary N) is 1. The summed E-state index contributed by atoms with van der Waals surface area (Å²) in [6, 6.07) is 15.5. The Morgan fingerprint density at radius 3 is 2.61 bits per heavy atom. The Kier molecular flexibility index (Phi) is 4.73. The van der Waals surface area contributed by atoms with Crippen LogP contribution in [-0.2, 0) is 11.2 Å². The predicted molar refractivity (Wildman–Crippen MR) is 77.0 cm³/mol. The molecule has 2 heteroatoms. The summed E-state index contributed by atoms with van der Waals surface area (Å²) in [7, 11) is 1.75. The van der Waals surface area contributed by atoms with Gasteiger partial charge in [0.05, 0.1) is 6.61 Å². The molecular formula is C16H21NO. The topological polar surface area (TPSA) is 21.3 Å². The number of likely N-dealkylation sites (N-methyl/N-ethyl adjacent to an activating group) is 1. The van der Waals surface area contributed by atoms with Crippen LogP contribution in [-0.4, -0.2) is 26.3 Å². The molecule has 0 saturated carbocycles. The molecule has 2 aromatic rings. The Morgan fingerprint density at radius 1 is 1.11 bits per heavy atom. The molecule has 96 valence electrons. The van der Waals surface area contributed by atoms with Crippen LogP contribution in [0.1, 0.15) is 12.5 Å². The normalized spacial score (nSPS) is 12.8. The van der Waals surface area contributed by atoms with Gasteiger partial charge in [-0.2, -0.15) is 0 Å². The van der Waals surface area contributed by atoms with Crippen molar-refractivity contribution in [3.05, 3.63) is 48.0 Å². The Labute approximate surface area is 109 Å². The molecule has 2 aromatic carbocycles. The van der Waals surface area contributed by atoms with Crippen LogP contribution in [0.4, 0.5) is 0 Å². The van der Waals surface area contributed by atoms with E-state index in [-0.39, 0.29) is 0 Å². The van der Waals surface area contributed by atoms with Crippen molar-refractivity contribution in [2.45, 2.75) is 19.4 Å². The standard InChI is InChI=1S/C16H21NO/c1-3-17-16(12-18-2)11-13-8-9-14-6-4-5-7-15(14)10-13/h4-10,16-17H,3,11-12H2,1-2H3. The van der Waals surface area contributed by atoms with Crippen LogP contribution in [0.3, 0.4) is 0 Å².